The van der Waals surface area contributed by atoms with E-state index in [0.717, 1.165) is 16.3 Å². The number of methoxy groups -OCH3 is 1. The summed E-state index contributed by atoms with van der Waals surface area (Å²) < 4.78 is 5.05. The van der Waals surface area contributed by atoms with Crippen LogP contribution in [0, 0.1) is 5.92 Å². The Morgan fingerprint density at radius 1 is 1.35 bits per heavy atom. The number of carbonyl (C=O) groups excluding carboxylic acids is 1. The first-order valence-electron chi connectivity index (χ1n) is 6.69. The molecule has 2 rings (SSSR count). The molecule has 0 saturated carbocycles. The van der Waals surface area contributed by atoms with Crippen LogP contribution in [0.2, 0.25) is 0 Å². The molecule has 4 heteroatoms. The van der Waals surface area contributed by atoms with Crippen LogP contribution in [0.15, 0.2) is 35.7 Å². The molecule has 3 nitrogen and oxygen atoms in total. The van der Waals surface area contributed by atoms with Crippen LogP contribution >= 0.6 is 11.3 Å². The molecule has 106 valence electrons. The summed E-state index contributed by atoms with van der Waals surface area (Å²) in [6.45, 7) is 2.65. The third kappa shape index (κ3) is 4.25. The Balaban J connectivity index is 1.95. The van der Waals surface area contributed by atoms with Gasteiger partial charge in [-0.15, -0.1) is 11.3 Å². The zero-order chi connectivity index (χ0) is 14.4. The monoisotopic (exact) mass is 289 g/mol. The highest BCUT2D eigenvalue weighted by atomic mass is 32.1. The van der Waals surface area contributed by atoms with Crippen molar-refractivity contribution in [3.8, 4) is 11.3 Å². The van der Waals surface area contributed by atoms with E-state index in [2.05, 4.69) is 4.98 Å². The van der Waals surface area contributed by atoms with Gasteiger partial charge in [-0.05, 0) is 5.92 Å². The number of rotatable bonds is 7. The van der Waals surface area contributed by atoms with Crippen LogP contribution in [0.4, 0.5) is 0 Å². The number of hydrogen-bond acceptors (Lipinski definition) is 4. The summed E-state index contributed by atoms with van der Waals surface area (Å²) in [5, 5.41) is 2.90. The van der Waals surface area contributed by atoms with E-state index in [1.165, 1.54) is 0 Å². The molecule has 0 radical (unpaired) electrons. The average molecular weight is 289 g/mol. The van der Waals surface area contributed by atoms with Crippen molar-refractivity contribution in [2.24, 2.45) is 5.92 Å². The van der Waals surface area contributed by atoms with E-state index >= 15 is 0 Å². The second-order valence-corrected chi connectivity index (χ2v) is 5.92. The largest absolute Gasteiger partial charge is 0.384 e. The standard InChI is InChI=1S/C16H19NO2S/c1-12(10-19-2)8-14(18)9-16-17-15(11-20-16)13-6-4-3-5-7-13/h3-7,11-12H,8-10H2,1-2H3. The van der Waals surface area contributed by atoms with Crippen molar-refractivity contribution in [2.45, 2.75) is 19.8 Å². The van der Waals surface area contributed by atoms with Crippen LogP contribution in [-0.2, 0) is 16.0 Å². The Hall–Kier alpha value is -1.52. The number of aromatic nitrogens is 1. The molecule has 0 aliphatic carbocycles. The fourth-order valence-corrected chi connectivity index (χ4v) is 2.94. The fraction of sp³-hybridized carbons (Fsp3) is 0.375. The molecule has 20 heavy (non-hydrogen) atoms. The number of ether oxygens (including phenoxy) is 1. The van der Waals surface area contributed by atoms with Crippen LogP contribution in [-0.4, -0.2) is 24.5 Å². The lowest BCUT2D eigenvalue weighted by Gasteiger charge is -2.07. The number of nitrogens with zero attached hydrogens (tertiary/aromatic N) is 1. The van der Waals surface area contributed by atoms with Crippen molar-refractivity contribution in [3.05, 3.63) is 40.7 Å². The van der Waals surface area contributed by atoms with E-state index in [1.807, 2.05) is 42.6 Å². The zero-order valence-electron chi connectivity index (χ0n) is 11.8. The number of benzene rings is 1. The molecule has 1 aromatic carbocycles. The molecule has 2 aromatic rings. The van der Waals surface area contributed by atoms with Crippen LogP contribution in [0.1, 0.15) is 18.4 Å². The summed E-state index contributed by atoms with van der Waals surface area (Å²) >= 11 is 1.55. The van der Waals surface area contributed by atoms with Crippen molar-refractivity contribution >= 4 is 17.1 Å². The molecule has 0 fully saturated rings. The van der Waals surface area contributed by atoms with Crippen LogP contribution < -0.4 is 0 Å². The molecule has 0 bridgehead atoms. The van der Waals surface area contributed by atoms with E-state index in [-0.39, 0.29) is 11.7 Å². The lowest BCUT2D eigenvalue weighted by Crippen LogP contribution is -2.12. The zero-order valence-corrected chi connectivity index (χ0v) is 12.7. The average Bonchev–Trinajstić information content (AvgIpc) is 2.88. The Morgan fingerprint density at radius 3 is 2.80 bits per heavy atom. The van der Waals surface area contributed by atoms with Gasteiger partial charge in [0.05, 0.1) is 12.1 Å². The van der Waals surface area contributed by atoms with Gasteiger partial charge in [0.15, 0.2) is 0 Å². The first-order valence-corrected chi connectivity index (χ1v) is 7.57. The molecular formula is C16H19NO2S. The predicted octanol–water partition coefficient (Wildman–Crippen LogP) is 3.59. The van der Waals surface area contributed by atoms with Crippen molar-refractivity contribution in [1.82, 2.24) is 4.98 Å². The predicted molar refractivity (Wildman–Crippen MR) is 81.9 cm³/mol. The first kappa shape index (κ1) is 14.9. The van der Waals surface area contributed by atoms with E-state index in [0.29, 0.717) is 19.4 Å². The van der Waals surface area contributed by atoms with E-state index in [9.17, 15) is 4.79 Å². The highest BCUT2D eigenvalue weighted by molar-refractivity contribution is 7.10. The van der Waals surface area contributed by atoms with E-state index in [4.69, 9.17) is 4.74 Å². The SMILES string of the molecule is COCC(C)CC(=O)Cc1nc(-c2ccccc2)cs1. The van der Waals surface area contributed by atoms with E-state index < -0.39 is 0 Å². The molecule has 0 aliphatic rings. The third-order valence-corrected chi connectivity index (χ3v) is 3.85. The Bertz CT molecular complexity index is 551. The number of thiazole rings is 1. The summed E-state index contributed by atoms with van der Waals surface area (Å²) in [6.07, 6.45) is 0.972. The lowest BCUT2D eigenvalue weighted by molar-refractivity contribution is -0.119. The molecule has 0 amide bonds. The van der Waals surface area contributed by atoms with Crippen LogP contribution in [0.25, 0.3) is 11.3 Å². The van der Waals surface area contributed by atoms with Gasteiger partial charge < -0.3 is 4.74 Å². The Kier molecular flexibility index (Phi) is 5.44. The van der Waals surface area contributed by atoms with Crippen molar-refractivity contribution < 1.29 is 9.53 Å². The number of Topliss-reactive ketones (excluding diaryl/α,β-unsaturated/α-hetero) is 1. The summed E-state index contributed by atoms with van der Waals surface area (Å²) in [7, 11) is 1.66. The molecule has 0 saturated heterocycles. The van der Waals surface area contributed by atoms with Crippen molar-refractivity contribution in [1.29, 1.82) is 0 Å². The third-order valence-electron chi connectivity index (χ3n) is 3.00. The summed E-state index contributed by atoms with van der Waals surface area (Å²) in [5.41, 5.74) is 2.04. The van der Waals surface area contributed by atoms with Gasteiger partial charge in [0, 0.05) is 31.1 Å². The molecular weight excluding hydrogens is 270 g/mol. The topological polar surface area (TPSA) is 39.2 Å². The second-order valence-electron chi connectivity index (χ2n) is 4.97. The summed E-state index contributed by atoms with van der Waals surface area (Å²) in [5.74, 6) is 0.490. The molecule has 0 N–H and O–H groups in total. The van der Waals surface area contributed by atoms with Gasteiger partial charge in [0.2, 0.25) is 0 Å². The fourth-order valence-electron chi connectivity index (χ4n) is 2.11. The Morgan fingerprint density at radius 2 is 2.10 bits per heavy atom. The normalized spacial score (nSPS) is 12.3. The van der Waals surface area contributed by atoms with Gasteiger partial charge in [0.25, 0.3) is 0 Å². The molecule has 1 atom stereocenters. The molecule has 0 aliphatic heterocycles. The van der Waals surface area contributed by atoms with Crippen LogP contribution in [0.3, 0.4) is 0 Å². The maximum atomic E-state index is 12.0. The lowest BCUT2D eigenvalue weighted by atomic mass is 10.0. The van der Waals surface area contributed by atoms with Gasteiger partial charge in [-0.3, -0.25) is 4.79 Å². The quantitative estimate of drug-likeness (QED) is 0.782. The first-order chi connectivity index (χ1) is 9.69. The minimum Gasteiger partial charge on any atom is -0.384 e. The summed E-state index contributed by atoms with van der Waals surface area (Å²) in [4.78, 5) is 16.5. The highest BCUT2D eigenvalue weighted by Gasteiger charge is 2.12. The number of hydrogen-bond donors (Lipinski definition) is 0. The van der Waals surface area contributed by atoms with Gasteiger partial charge in [-0.2, -0.15) is 0 Å². The molecule has 1 heterocycles. The minimum absolute atomic E-state index is 0.225. The number of carbonyl (C=O) groups is 1. The van der Waals surface area contributed by atoms with E-state index in [1.54, 1.807) is 18.4 Å². The minimum atomic E-state index is 0.225. The molecule has 0 spiro atoms. The summed E-state index contributed by atoms with van der Waals surface area (Å²) in [6, 6.07) is 10.0. The maximum absolute atomic E-state index is 12.0. The molecule has 1 aromatic heterocycles. The maximum Gasteiger partial charge on any atom is 0.140 e. The van der Waals surface area contributed by atoms with Gasteiger partial charge >= 0.3 is 0 Å². The second kappa shape index (κ2) is 7.31. The number of ketones is 1. The van der Waals surface area contributed by atoms with Crippen molar-refractivity contribution in [3.63, 3.8) is 0 Å². The van der Waals surface area contributed by atoms with Gasteiger partial charge in [-0.25, -0.2) is 4.98 Å². The van der Waals surface area contributed by atoms with Gasteiger partial charge in [-0.1, -0.05) is 37.3 Å². The van der Waals surface area contributed by atoms with Gasteiger partial charge in [0.1, 0.15) is 10.8 Å². The molecule has 1 unspecified atom stereocenters. The van der Waals surface area contributed by atoms with Crippen LogP contribution in [0.5, 0.6) is 0 Å². The van der Waals surface area contributed by atoms with Crippen molar-refractivity contribution in [2.75, 3.05) is 13.7 Å². The smallest absolute Gasteiger partial charge is 0.140 e. The Labute approximate surface area is 123 Å². The highest BCUT2D eigenvalue weighted by Crippen LogP contribution is 2.22.